The van der Waals surface area contributed by atoms with E-state index in [4.69, 9.17) is 25.5 Å². The molecule has 0 spiro atoms. The Morgan fingerprint density at radius 2 is 1.82 bits per heavy atom. The van der Waals surface area contributed by atoms with Gasteiger partial charge >= 0.3 is 0 Å². The molecule has 0 atom stereocenters. The molecule has 7 nitrogen and oxygen atoms in total. The zero-order valence-corrected chi connectivity index (χ0v) is 17.7. The lowest BCUT2D eigenvalue weighted by atomic mass is 10.1. The Labute approximate surface area is 166 Å². The van der Waals surface area contributed by atoms with Gasteiger partial charge < -0.3 is 10.5 Å². The predicted molar refractivity (Wildman–Crippen MR) is 111 cm³/mol. The maximum Gasteiger partial charge on any atom is 0.222 e. The van der Waals surface area contributed by atoms with Crippen LogP contribution in [0.4, 0.5) is 0 Å². The summed E-state index contributed by atoms with van der Waals surface area (Å²) >= 11 is 0. The number of nitrogens with zero attached hydrogens (tertiary/aromatic N) is 5. The third-order valence-corrected chi connectivity index (χ3v) is 5.17. The molecule has 2 N–H and O–H groups in total. The Hall–Kier alpha value is -2.54. The Morgan fingerprint density at radius 3 is 2.39 bits per heavy atom. The maximum atomic E-state index is 6.05. The van der Waals surface area contributed by atoms with Gasteiger partial charge in [-0.1, -0.05) is 27.7 Å². The van der Waals surface area contributed by atoms with Crippen molar-refractivity contribution in [3.05, 3.63) is 29.2 Å². The van der Waals surface area contributed by atoms with E-state index in [1.165, 1.54) is 0 Å². The van der Waals surface area contributed by atoms with Crippen molar-refractivity contribution in [1.82, 2.24) is 24.7 Å². The number of hydrogen-bond donors (Lipinski definition) is 1. The average molecular weight is 383 g/mol. The van der Waals surface area contributed by atoms with Gasteiger partial charge in [0, 0.05) is 12.2 Å². The molecule has 0 bridgehead atoms. The van der Waals surface area contributed by atoms with Crippen molar-refractivity contribution in [2.24, 2.45) is 5.73 Å². The molecule has 28 heavy (non-hydrogen) atoms. The van der Waals surface area contributed by atoms with Crippen LogP contribution in [0.15, 0.2) is 12.1 Å². The van der Waals surface area contributed by atoms with Crippen LogP contribution in [0.1, 0.15) is 69.6 Å². The molecule has 0 fully saturated rings. The molecule has 0 aliphatic rings. The van der Waals surface area contributed by atoms with Crippen LogP contribution in [-0.2, 0) is 6.54 Å². The smallest absolute Gasteiger partial charge is 0.222 e. The summed E-state index contributed by atoms with van der Waals surface area (Å²) in [6.45, 7) is 10.8. The highest BCUT2D eigenvalue weighted by Gasteiger charge is 2.22. The lowest BCUT2D eigenvalue weighted by Gasteiger charge is -2.15. The van der Waals surface area contributed by atoms with Crippen LogP contribution in [-0.4, -0.2) is 31.8 Å². The summed E-state index contributed by atoms with van der Waals surface area (Å²) in [5, 5.41) is 4.73. The largest absolute Gasteiger partial charge is 0.480 e. The first kappa shape index (κ1) is 20.2. The van der Waals surface area contributed by atoms with E-state index in [0.717, 1.165) is 46.7 Å². The molecule has 3 aromatic rings. The van der Waals surface area contributed by atoms with Gasteiger partial charge in [0.15, 0.2) is 5.65 Å². The number of hydrogen-bond acceptors (Lipinski definition) is 6. The van der Waals surface area contributed by atoms with Crippen LogP contribution < -0.4 is 10.5 Å². The molecule has 3 aromatic heterocycles. The van der Waals surface area contributed by atoms with Crippen LogP contribution in [0, 0.1) is 6.92 Å². The molecule has 0 saturated carbocycles. The first-order chi connectivity index (χ1) is 13.4. The van der Waals surface area contributed by atoms with Gasteiger partial charge in [-0.15, -0.1) is 0 Å². The summed E-state index contributed by atoms with van der Waals surface area (Å²) < 4.78 is 7.57. The van der Waals surface area contributed by atoms with Crippen molar-refractivity contribution in [3.8, 4) is 17.1 Å². The lowest BCUT2D eigenvalue weighted by molar-refractivity contribution is 0.397. The van der Waals surface area contributed by atoms with Gasteiger partial charge in [-0.2, -0.15) is 5.10 Å². The summed E-state index contributed by atoms with van der Waals surface area (Å²) in [5.41, 5.74) is 11.7. The molecule has 0 aliphatic carbocycles. The summed E-state index contributed by atoms with van der Waals surface area (Å²) in [6, 6.07) is 4.30. The van der Waals surface area contributed by atoms with E-state index in [1.54, 1.807) is 7.11 Å². The molecule has 0 aromatic carbocycles. The van der Waals surface area contributed by atoms with Crippen molar-refractivity contribution in [2.45, 2.75) is 66.0 Å². The summed E-state index contributed by atoms with van der Waals surface area (Å²) in [6.07, 6.45) is 1.98. The Morgan fingerprint density at radius 1 is 1.11 bits per heavy atom. The maximum absolute atomic E-state index is 6.05. The second-order valence-corrected chi connectivity index (χ2v) is 7.34. The second kappa shape index (κ2) is 8.22. The molecule has 150 valence electrons. The number of methoxy groups -OCH3 is 1. The van der Waals surface area contributed by atoms with Gasteiger partial charge in [-0.05, 0) is 37.8 Å². The first-order valence-electron chi connectivity index (χ1n) is 9.96. The molecular weight excluding hydrogens is 352 g/mol. The minimum Gasteiger partial charge on any atom is -0.480 e. The SMILES string of the molecule is CCC(CC)n1nc(C)c2nc(-c3ccc(C(C)C)nc3OC)c(CN)nc21. The van der Waals surface area contributed by atoms with E-state index < -0.39 is 0 Å². The number of rotatable bonds is 7. The minimum atomic E-state index is 0.278. The summed E-state index contributed by atoms with van der Waals surface area (Å²) in [5.74, 6) is 0.852. The Kier molecular flexibility index (Phi) is 5.93. The highest BCUT2D eigenvalue weighted by atomic mass is 16.5. The predicted octanol–water partition coefficient (Wildman–Crippen LogP) is 4.15. The van der Waals surface area contributed by atoms with E-state index in [9.17, 15) is 0 Å². The van der Waals surface area contributed by atoms with Crippen molar-refractivity contribution in [2.75, 3.05) is 7.11 Å². The first-order valence-corrected chi connectivity index (χ1v) is 9.96. The van der Waals surface area contributed by atoms with Gasteiger partial charge in [0.05, 0.1) is 35.8 Å². The van der Waals surface area contributed by atoms with Crippen LogP contribution in [0.5, 0.6) is 5.88 Å². The van der Waals surface area contributed by atoms with Gasteiger partial charge in [0.1, 0.15) is 5.52 Å². The fourth-order valence-corrected chi connectivity index (χ4v) is 3.48. The lowest BCUT2D eigenvalue weighted by Crippen LogP contribution is -2.12. The number of nitrogens with two attached hydrogens (primary N) is 1. The zero-order chi connectivity index (χ0) is 20.4. The number of fused-ring (bicyclic) bond motifs is 1. The average Bonchev–Trinajstić information content (AvgIpc) is 3.03. The van der Waals surface area contributed by atoms with Crippen molar-refractivity contribution >= 4 is 11.2 Å². The zero-order valence-electron chi connectivity index (χ0n) is 17.7. The molecule has 0 aliphatic heterocycles. The van der Waals surface area contributed by atoms with E-state index in [0.29, 0.717) is 23.5 Å². The monoisotopic (exact) mass is 382 g/mol. The van der Waals surface area contributed by atoms with Crippen LogP contribution in [0.2, 0.25) is 0 Å². The van der Waals surface area contributed by atoms with Crippen LogP contribution >= 0.6 is 0 Å². The molecule has 0 radical (unpaired) electrons. The number of aryl methyl sites for hydroxylation is 1. The molecule has 3 rings (SSSR count). The number of aromatic nitrogens is 5. The molecule has 3 heterocycles. The molecule has 7 heteroatoms. The highest BCUT2D eigenvalue weighted by Crippen LogP contribution is 2.33. The molecule has 0 saturated heterocycles. The normalized spacial score (nSPS) is 11.8. The van der Waals surface area contributed by atoms with Gasteiger partial charge in [-0.3, -0.25) is 0 Å². The van der Waals surface area contributed by atoms with E-state index in [1.807, 2.05) is 23.7 Å². The number of pyridine rings is 1. The minimum absolute atomic E-state index is 0.278. The fourth-order valence-electron chi connectivity index (χ4n) is 3.48. The van der Waals surface area contributed by atoms with Crippen molar-refractivity contribution in [3.63, 3.8) is 0 Å². The molecule has 0 amide bonds. The summed E-state index contributed by atoms with van der Waals surface area (Å²) in [7, 11) is 1.63. The fraction of sp³-hybridized carbons (Fsp3) is 0.524. The number of ether oxygens (including phenoxy) is 1. The topological polar surface area (TPSA) is 91.7 Å². The Balaban J connectivity index is 2.24. The van der Waals surface area contributed by atoms with Crippen LogP contribution in [0.3, 0.4) is 0 Å². The third kappa shape index (κ3) is 3.46. The highest BCUT2D eigenvalue weighted by molar-refractivity contribution is 5.79. The van der Waals surface area contributed by atoms with E-state index in [-0.39, 0.29) is 6.54 Å². The standard InChI is InChI=1S/C21H30N6O/c1-7-14(8-2)27-20-18(13(5)26-27)25-19(17(11-22)23-20)15-9-10-16(12(3)4)24-21(15)28-6/h9-10,12,14H,7-8,11,22H2,1-6H3. The van der Waals surface area contributed by atoms with Crippen molar-refractivity contribution < 1.29 is 4.74 Å². The van der Waals surface area contributed by atoms with Gasteiger partial charge in [0.2, 0.25) is 5.88 Å². The van der Waals surface area contributed by atoms with Gasteiger partial charge in [-0.25, -0.2) is 19.6 Å². The summed E-state index contributed by atoms with van der Waals surface area (Å²) in [4.78, 5) is 14.4. The second-order valence-electron chi connectivity index (χ2n) is 7.34. The third-order valence-electron chi connectivity index (χ3n) is 5.17. The van der Waals surface area contributed by atoms with Crippen molar-refractivity contribution in [1.29, 1.82) is 0 Å². The van der Waals surface area contributed by atoms with Gasteiger partial charge in [0.25, 0.3) is 0 Å². The Bertz CT molecular complexity index is 975. The quantitative estimate of drug-likeness (QED) is 0.660. The molecular formula is C21H30N6O. The van der Waals surface area contributed by atoms with E-state index >= 15 is 0 Å². The molecule has 0 unspecified atom stereocenters. The van der Waals surface area contributed by atoms with Crippen LogP contribution in [0.25, 0.3) is 22.4 Å². The van der Waals surface area contributed by atoms with E-state index in [2.05, 4.69) is 32.7 Å².